The molecular weight excluding hydrogens is 352 g/mol. The Hall–Kier alpha value is -2.24. The Morgan fingerprint density at radius 2 is 1.82 bits per heavy atom. The molecule has 1 fully saturated rings. The van der Waals surface area contributed by atoms with Gasteiger partial charge in [0.05, 0.1) is 7.11 Å². The average Bonchev–Trinajstić information content (AvgIpc) is 3.15. The van der Waals surface area contributed by atoms with E-state index in [0.29, 0.717) is 6.04 Å². The first kappa shape index (κ1) is 19.1. The van der Waals surface area contributed by atoms with Gasteiger partial charge in [-0.3, -0.25) is 4.90 Å². The molecule has 150 valence electrons. The van der Waals surface area contributed by atoms with Crippen molar-refractivity contribution in [2.24, 2.45) is 0 Å². The number of piperidine rings is 1. The monoisotopic (exact) mass is 382 g/mol. The first-order chi connectivity index (χ1) is 13.6. The first-order valence-electron chi connectivity index (χ1n) is 10.1. The van der Waals surface area contributed by atoms with Crippen molar-refractivity contribution in [3.8, 4) is 17.2 Å². The van der Waals surface area contributed by atoms with E-state index in [4.69, 9.17) is 14.2 Å². The van der Waals surface area contributed by atoms with Crippen molar-refractivity contribution in [1.82, 2.24) is 9.80 Å². The van der Waals surface area contributed by atoms with E-state index in [1.807, 2.05) is 6.07 Å². The minimum Gasteiger partial charge on any atom is -0.496 e. The van der Waals surface area contributed by atoms with Gasteiger partial charge in [-0.05, 0) is 50.7 Å². The predicted molar refractivity (Wildman–Crippen MR) is 110 cm³/mol. The van der Waals surface area contributed by atoms with Gasteiger partial charge in [0.25, 0.3) is 0 Å². The van der Waals surface area contributed by atoms with Crippen molar-refractivity contribution in [2.45, 2.75) is 38.4 Å². The molecule has 0 aromatic heterocycles. The van der Waals surface area contributed by atoms with E-state index < -0.39 is 0 Å². The highest BCUT2D eigenvalue weighted by atomic mass is 16.7. The van der Waals surface area contributed by atoms with Crippen LogP contribution in [0.5, 0.6) is 17.2 Å². The number of nitrogens with zero attached hydrogens (tertiary/aromatic N) is 2. The summed E-state index contributed by atoms with van der Waals surface area (Å²) in [7, 11) is 5.93. The zero-order valence-electron chi connectivity index (χ0n) is 17.1. The largest absolute Gasteiger partial charge is 0.496 e. The maximum atomic E-state index is 5.64. The van der Waals surface area contributed by atoms with Gasteiger partial charge in [0.2, 0.25) is 6.79 Å². The Labute approximate surface area is 167 Å². The molecule has 1 saturated heterocycles. The van der Waals surface area contributed by atoms with Crippen LogP contribution in [-0.4, -0.2) is 44.3 Å². The molecule has 4 rings (SSSR count). The Balaban J connectivity index is 1.55. The number of benzene rings is 2. The summed E-state index contributed by atoms with van der Waals surface area (Å²) in [5.41, 5.74) is 3.92. The van der Waals surface area contributed by atoms with Crippen molar-refractivity contribution in [1.29, 1.82) is 0 Å². The molecule has 5 heteroatoms. The summed E-state index contributed by atoms with van der Waals surface area (Å²) in [6.07, 6.45) is 3.71. The van der Waals surface area contributed by atoms with Crippen molar-refractivity contribution in [3.63, 3.8) is 0 Å². The maximum Gasteiger partial charge on any atom is 0.231 e. The Kier molecular flexibility index (Phi) is 5.74. The van der Waals surface area contributed by atoms with Crippen LogP contribution in [0.4, 0.5) is 0 Å². The van der Waals surface area contributed by atoms with Gasteiger partial charge >= 0.3 is 0 Å². The van der Waals surface area contributed by atoms with Gasteiger partial charge in [-0.25, -0.2) is 0 Å². The van der Waals surface area contributed by atoms with Gasteiger partial charge in [-0.1, -0.05) is 30.7 Å². The Morgan fingerprint density at radius 1 is 1.07 bits per heavy atom. The lowest BCUT2D eigenvalue weighted by Gasteiger charge is -2.36. The average molecular weight is 383 g/mol. The van der Waals surface area contributed by atoms with Gasteiger partial charge in [0.15, 0.2) is 11.5 Å². The molecular formula is C23H30N2O3. The summed E-state index contributed by atoms with van der Waals surface area (Å²) < 4.78 is 16.7. The summed E-state index contributed by atoms with van der Waals surface area (Å²) >= 11 is 0. The summed E-state index contributed by atoms with van der Waals surface area (Å²) in [6.45, 7) is 3.21. The zero-order valence-corrected chi connectivity index (χ0v) is 17.1. The highest BCUT2D eigenvalue weighted by molar-refractivity contribution is 5.51. The van der Waals surface area contributed by atoms with Gasteiger partial charge in [-0.2, -0.15) is 0 Å². The van der Waals surface area contributed by atoms with E-state index in [2.05, 4.69) is 54.2 Å². The van der Waals surface area contributed by atoms with Crippen LogP contribution >= 0.6 is 0 Å². The molecule has 2 aromatic rings. The molecule has 0 N–H and O–H groups in total. The predicted octanol–water partition coefficient (Wildman–Crippen LogP) is 4.21. The normalized spacial score (nSPS) is 19.2. The van der Waals surface area contributed by atoms with Crippen molar-refractivity contribution >= 4 is 0 Å². The standard InChI is InChI=1S/C23H30N2O3/c1-24(2)14-17-7-9-18(10-8-17)20-6-4-5-11-25(20)15-19-12-22-23(28-16-27-22)13-21(19)26-3/h7-10,12-13,20H,4-6,11,14-16H2,1-3H3. The summed E-state index contributed by atoms with van der Waals surface area (Å²) in [6, 6.07) is 13.6. The molecule has 5 nitrogen and oxygen atoms in total. The van der Waals surface area contributed by atoms with Gasteiger partial charge < -0.3 is 19.1 Å². The lowest BCUT2D eigenvalue weighted by Crippen LogP contribution is -2.33. The minimum absolute atomic E-state index is 0.285. The number of hydrogen-bond donors (Lipinski definition) is 0. The topological polar surface area (TPSA) is 34.2 Å². The fourth-order valence-electron chi connectivity index (χ4n) is 4.27. The molecule has 2 aromatic carbocycles. The Bertz CT molecular complexity index is 804. The number of rotatable bonds is 6. The molecule has 1 atom stereocenters. The third-order valence-corrected chi connectivity index (χ3v) is 5.63. The lowest BCUT2D eigenvalue weighted by atomic mass is 9.94. The zero-order chi connectivity index (χ0) is 19.5. The minimum atomic E-state index is 0.285. The number of fused-ring (bicyclic) bond motifs is 1. The van der Waals surface area contributed by atoms with Crippen molar-refractivity contribution in [3.05, 3.63) is 53.1 Å². The molecule has 0 spiro atoms. The van der Waals surface area contributed by atoms with E-state index in [1.165, 1.54) is 30.4 Å². The van der Waals surface area contributed by atoms with Crippen LogP contribution < -0.4 is 14.2 Å². The fourth-order valence-corrected chi connectivity index (χ4v) is 4.27. The van der Waals surface area contributed by atoms with Crippen LogP contribution in [0, 0.1) is 0 Å². The van der Waals surface area contributed by atoms with Crippen LogP contribution in [0.2, 0.25) is 0 Å². The van der Waals surface area contributed by atoms with E-state index in [-0.39, 0.29) is 6.79 Å². The van der Waals surface area contributed by atoms with Gasteiger partial charge in [0.1, 0.15) is 5.75 Å². The van der Waals surface area contributed by atoms with Crippen LogP contribution in [0.1, 0.15) is 42.0 Å². The summed E-state index contributed by atoms with van der Waals surface area (Å²) in [5, 5.41) is 0. The molecule has 2 heterocycles. The third kappa shape index (κ3) is 4.10. The highest BCUT2D eigenvalue weighted by Crippen LogP contribution is 2.40. The number of ether oxygens (including phenoxy) is 3. The number of hydrogen-bond acceptors (Lipinski definition) is 5. The molecule has 2 aliphatic rings. The van der Waals surface area contributed by atoms with Crippen LogP contribution in [-0.2, 0) is 13.1 Å². The molecule has 2 aliphatic heterocycles. The molecule has 0 radical (unpaired) electrons. The summed E-state index contributed by atoms with van der Waals surface area (Å²) in [5.74, 6) is 2.46. The third-order valence-electron chi connectivity index (χ3n) is 5.63. The first-order valence-corrected chi connectivity index (χ1v) is 10.1. The quantitative estimate of drug-likeness (QED) is 0.748. The van der Waals surface area contributed by atoms with E-state index in [9.17, 15) is 0 Å². The molecule has 1 unspecified atom stereocenters. The molecule has 0 amide bonds. The number of methoxy groups -OCH3 is 1. The highest BCUT2D eigenvalue weighted by Gasteiger charge is 2.26. The van der Waals surface area contributed by atoms with Crippen LogP contribution in [0.15, 0.2) is 36.4 Å². The van der Waals surface area contributed by atoms with E-state index >= 15 is 0 Å². The second-order valence-electron chi connectivity index (χ2n) is 7.98. The molecule has 0 aliphatic carbocycles. The van der Waals surface area contributed by atoms with E-state index in [0.717, 1.165) is 42.4 Å². The lowest BCUT2D eigenvalue weighted by molar-refractivity contribution is 0.139. The number of likely N-dealkylation sites (tertiary alicyclic amines) is 1. The van der Waals surface area contributed by atoms with Crippen molar-refractivity contribution < 1.29 is 14.2 Å². The molecule has 28 heavy (non-hydrogen) atoms. The Morgan fingerprint density at radius 3 is 2.54 bits per heavy atom. The summed E-state index contributed by atoms with van der Waals surface area (Å²) in [4.78, 5) is 4.78. The SMILES string of the molecule is COc1cc2c(cc1CN1CCCCC1c1ccc(CN(C)C)cc1)OCO2. The van der Waals surface area contributed by atoms with Crippen LogP contribution in [0.3, 0.4) is 0 Å². The van der Waals surface area contributed by atoms with Gasteiger partial charge in [-0.15, -0.1) is 0 Å². The van der Waals surface area contributed by atoms with Crippen molar-refractivity contribution in [2.75, 3.05) is 34.5 Å². The second kappa shape index (κ2) is 8.41. The van der Waals surface area contributed by atoms with Crippen LogP contribution in [0.25, 0.3) is 0 Å². The molecule has 0 bridgehead atoms. The van der Waals surface area contributed by atoms with E-state index in [1.54, 1.807) is 7.11 Å². The second-order valence-corrected chi connectivity index (χ2v) is 7.98. The maximum absolute atomic E-state index is 5.64. The molecule has 0 saturated carbocycles. The smallest absolute Gasteiger partial charge is 0.231 e. The fraction of sp³-hybridized carbons (Fsp3) is 0.478. The van der Waals surface area contributed by atoms with Gasteiger partial charge in [0, 0.05) is 30.8 Å².